The van der Waals surface area contributed by atoms with E-state index in [9.17, 15) is 13.2 Å². The molecule has 1 aromatic carbocycles. The molecular weight excluding hydrogens is 340 g/mol. The first-order chi connectivity index (χ1) is 11.5. The minimum absolute atomic E-state index is 0.0899. The van der Waals surface area contributed by atoms with Crippen LogP contribution in [0.2, 0.25) is 0 Å². The predicted octanol–water partition coefficient (Wildman–Crippen LogP) is 3.10. The number of likely N-dealkylation sites (tertiary alicyclic amines) is 1. The summed E-state index contributed by atoms with van der Waals surface area (Å²) in [5, 5.41) is 0. The molecule has 0 bridgehead atoms. The van der Waals surface area contributed by atoms with E-state index in [-0.39, 0.29) is 12.1 Å². The van der Waals surface area contributed by atoms with Crippen LogP contribution in [0.25, 0.3) is 0 Å². The lowest BCUT2D eigenvalue weighted by Gasteiger charge is -2.38. The Balaban J connectivity index is 1.82. The van der Waals surface area contributed by atoms with Crippen molar-refractivity contribution in [1.82, 2.24) is 4.90 Å². The zero-order valence-electron chi connectivity index (χ0n) is 15.2. The Morgan fingerprint density at radius 3 is 2.68 bits per heavy atom. The first kappa shape index (κ1) is 18.0. The van der Waals surface area contributed by atoms with Crippen molar-refractivity contribution in [3.63, 3.8) is 0 Å². The monoisotopic (exact) mass is 366 g/mol. The second-order valence-electron chi connectivity index (χ2n) is 7.98. The van der Waals surface area contributed by atoms with E-state index in [0.717, 1.165) is 31.1 Å². The van der Waals surface area contributed by atoms with Crippen LogP contribution < -0.4 is 4.72 Å². The van der Waals surface area contributed by atoms with Crippen molar-refractivity contribution < 1.29 is 17.9 Å². The number of fused-ring (bicyclic) bond motifs is 3. The summed E-state index contributed by atoms with van der Waals surface area (Å²) in [5.41, 5.74) is 2.39. The number of carbonyl (C=O) groups excluding carboxylic acids is 1. The van der Waals surface area contributed by atoms with Crippen LogP contribution in [0.3, 0.4) is 0 Å². The molecule has 0 aromatic heterocycles. The molecule has 1 aromatic rings. The highest BCUT2D eigenvalue weighted by Crippen LogP contribution is 2.43. The molecule has 1 aliphatic carbocycles. The number of sulfonamides is 1. The molecule has 25 heavy (non-hydrogen) atoms. The van der Waals surface area contributed by atoms with Gasteiger partial charge in [-0.15, -0.1) is 0 Å². The molecule has 1 aliphatic heterocycles. The van der Waals surface area contributed by atoms with Gasteiger partial charge in [-0.05, 0) is 63.3 Å². The summed E-state index contributed by atoms with van der Waals surface area (Å²) in [6.45, 7) is 6.33. The molecule has 7 heteroatoms. The fourth-order valence-corrected chi connectivity index (χ4v) is 4.42. The Kier molecular flexibility index (Phi) is 4.47. The van der Waals surface area contributed by atoms with Gasteiger partial charge in [-0.2, -0.15) is 0 Å². The van der Waals surface area contributed by atoms with Crippen LogP contribution in [0.5, 0.6) is 0 Å². The third-order valence-electron chi connectivity index (χ3n) is 4.68. The molecule has 1 N–H and O–H groups in total. The summed E-state index contributed by atoms with van der Waals surface area (Å²) in [6.07, 6.45) is 3.60. The van der Waals surface area contributed by atoms with E-state index in [1.54, 1.807) is 6.07 Å². The number of anilines is 1. The highest BCUT2D eigenvalue weighted by molar-refractivity contribution is 7.92. The van der Waals surface area contributed by atoms with Gasteiger partial charge in [0.25, 0.3) is 0 Å². The maximum Gasteiger partial charge on any atom is 0.410 e. The topological polar surface area (TPSA) is 75.7 Å². The third kappa shape index (κ3) is 4.08. The van der Waals surface area contributed by atoms with Gasteiger partial charge in [0.15, 0.2) is 0 Å². The first-order valence-corrected chi connectivity index (χ1v) is 10.5. The second-order valence-corrected chi connectivity index (χ2v) is 9.73. The molecule has 2 atom stereocenters. The van der Waals surface area contributed by atoms with Crippen molar-refractivity contribution in [3.8, 4) is 0 Å². The van der Waals surface area contributed by atoms with Crippen molar-refractivity contribution in [3.05, 3.63) is 29.3 Å². The van der Waals surface area contributed by atoms with Gasteiger partial charge in [-0.1, -0.05) is 6.07 Å². The number of benzene rings is 1. The van der Waals surface area contributed by atoms with E-state index in [1.807, 2.05) is 37.8 Å². The number of nitrogens with zero attached hydrogens (tertiary/aromatic N) is 1. The summed E-state index contributed by atoms with van der Waals surface area (Å²) in [5.74, 6) is 0.295. The number of nitrogens with one attached hydrogen (secondary N) is 1. The summed E-state index contributed by atoms with van der Waals surface area (Å²) in [6, 6.07) is 5.77. The van der Waals surface area contributed by atoms with Gasteiger partial charge in [-0.25, -0.2) is 13.2 Å². The van der Waals surface area contributed by atoms with Crippen molar-refractivity contribution in [1.29, 1.82) is 0 Å². The molecule has 1 heterocycles. The Morgan fingerprint density at radius 1 is 1.32 bits per heavy atom. The summed E-state index contributed by atoms with van der Waals surface area (Å²) in [7, 11) is -3.30. The average molecular weight is 366 g/mol. The molecule has 2 aliphatic rings. The highest BCUT2D eigenvalue weighted by Gasteiger charge is 2.42. The first-order valence-electron chi connectivity index (χ1n) is 8.64. The van der Waals surface area contributed by atoms with Gasteiger partial charge in [-0.3, -0.25) is 4.72 Å². The second kappa shape index (κ2) is 6.20. The number of hydrogen-bond donors (Lipinski definition) is 1. The Hall–Kier alpha value is -1.76. The highest BCUT2D eigenvalue weighted by atomic mass is 32.2. The number of carbonyl (C=O) groups is 1. The number of rotatable bonds is 2. The third-order valence-corrected chi connectivity index (χ3v) is 5.29. The molecule has 138 valence electrons. The Labute approximate surface area is 149 Å². The lowest BCUT2D eigenvalue weighted by atomic mass is 9.89. The van der Waals surface area contributed by atoms with Crippen LogP contribution in [-0.2, 0) is 21.2 Å². The molecule has 6 nitrogen and oxygen atoms in total. The largest absolute Gasteiger partial charge is 0.444 e. The molecule has 1 fully saturated rings. The van der Waals surface area contributed by atoms with E-state index in [4.69, 9.17) is 4.74 Å². The van der Waals surface area contributed by atoms with Crippen LogP contribution >= 0.6 is 0 Å². The van der Waals surface area contributed by atoms with Crippen molar-refractivity contribution in [2.24, 2.45) is 0 Å². The molecule has 0 spiro atoms. The van der Waals surface area contributed by atoms with Crippen molar-refractivity contribution in [2.45, 2.75) is 57.6 Å². The van der Waals surface area contributed by atoms with Gasteiger partial charge in [0.1, 0.15) is 5.60 Å². The van der Waals surface area contributed by atoms with Gasteiger partial charge in [0, 0.05) is 24.2 Å². The van der Waals surface area contributed by atoms with Crippen LogP contribution in [0.15, 0.2) is 18.2 Å². The fourth-order valence-electron chi connectivity index (χ4n) is 3.87. The maximum atomic E-state index is 12.6. The molecule has 2 unspecified atom stereocenters. The summed E-state index contributed by atoms with van der Waals surface area (Å²) in [4.78, 5) is 14.4. The molecule has 1 amide bonds. The summed E-state index contributed by atoms with van der Waals surface area (Å²) >= 11 is 0. The SMILES string of the molecule is CC(C)(C)OC(=O)N1CCCC2c3ccc(NS(C)(=O)=O)cc3CC21. The zero-order chi connectivity index (χ0) is 18.4. The minimum atomic E-state index is -3.30. The lowest BCUT2D eigenvalue weighted by molar-refractivity contribution is 0.00832. The van der Waals surface area contributed by atoms with E-state index < -0.39 is 15.6 Å². The van der Waals surface area contributed by atoms with Crippen molar-refractivity contribution >= 4 is 21.8 Å². The predicted molar refractivity (Wildman–Crippen MR) is 97.3 cm³/mol. The molecular formula is C18H26N2O4S. The van der Waals surface area contributed by atoms with Crippen molar-refractivity contribution in [2.75, 3.05) is 17.5 Å². The smallest absolute Gasteiger partial charge is 0.410 e. The standard InChI is InChI=1S/C18H26N2O4S/c1-18(2,3)24-17(21)20-9-5-6-15-14-8-7-13(19-25(4,22)23)10-12(14)11-16(15)20/h7-8,10,15-16,19H,5-6,9,11H2,1-4H3. The average Bonchev–Trinajstić information content (AvgIpc) is 2.80. The maximum absolute atomic E-state index is 12.6. The van der Waals surface area contributed by atoms with Gasteiger partial charge in [0.05, 0.1) is 6.26 Å². The van der Waals surface area contributed by atoms with Crippen LogP contribution in [-0.4, -0.2) is 43.9 Å². The van der Waals surface area contributed by atoms with Crippen LogP contribution in [0.1, 0.15) is 50.7 Å². The fraction of sp³-hybridized carbons (Fsp3) is 0.611. The number of hydrogen-bond acceptors (Lipinski definition) is 4. The zero-order valence-corrected chi connectivity index (χ0v) is 16.0. The Bertz CT molecular complexity index is 783. The molecule has 1 saturated heterocycles. The summed E-state index contributed by atoms with van der Waals surface area (Å²) < 4.78 is 31.0. The normalized spacial score (nSPS) is 23.0. The van der Waals surface area contributed by atoms with E-state index in [1.165, 1.54) is 5.56 Å². The van der Waals surface area contributed by atoms with Crippen LogP contribution in [0, 0.1) is 0 Å². The van der Waals surface area contributed by atoms with Gasteiger partial charge in [0.2, 0.25) is 10.0 Å². The quantitative estimate of drug-likeness (QED) is 0.873. The molecule has 0 radical (unpaired) electrons. The minimum Gasteiger partial charge on any atom is -0.444 e. The lowest BCUT2D eigenvalue weighted by Crippen LogP contribution is -2.48. The number of ether oxygens (including phenoxy) is 1. The van der Waals surface area contributed by atoms with E-state index in [0.29, 0.717) is 18.2 Å². The van der Waals surface area contributed by atoms with E-state index in [2.05, 4.69) is 4.72 Å². The van der Waals surface area contributed by atoms with Gasteiger partial charge >= 0.3 is 6.09 Å². The van der Waals surface area contributed by atoms with E-state index >= 15 is 0 Å². The number of amides is 1. The van der Waals surface area contributed by atoms with Gasteiger partial charge < -0.3 is 9.64 Å². The molecule has 0 saturated carbocycles. The molecule has 3 rings (SSSR count). The number of piperidine rings is 1. The van der Waals surface area contributed by atoms with Crippen LogP contribution in [0.4, 0.5) is 10.5 Å². The Morgan fingerprint density at radius 2 is 2.04 bits per heavy atom.